The van der Waals surface area contributed by atoms with Gasteiger partial charge in [0.15, 0.2) is 14.9 Å². The van der Waals surface area contributed by atoms with Gasteiger partial charge in [-0.05, 0) is 50.5 Å². The third-order valence-electron chi connectivity index (χ3n) is 4.77. The van der Waals surface area contributed by atoms with Gasteiger partial charge in [-0.2, -0.15) is 13.2 Å². The van der Waals surface area contributed by atoms with Crippen LogP contribution < -0.4 is 9.46 Å². The van der Waals surface area contributed by atoms with Crippen LogP contribution >= 0.6 is 0 Å². The fourth-order valence-corrected chi connectivity index (χ4v) is 3.72. The van der Waals surface area contributed by atoms with E-state index in [9.17, 15) is 17.7 Å². The molecular formula is C19H33F3N2O3SSi. The standard InChI is InChI=1S/C19H33F3N2O3SSi/c1-17(2,3)28(25)24-15(12-27-29(7,8)18(4,5)6)14-9-10-23-16(11-14)26-13-19(20,21)22/h9-11,15,24H,12-13H2,1-8H3/t15-,28?/m0/s1. The molecule has 29 heavy (non-hydrogen) atoms. The first-order valence-electron chi connectivity index (χ1n) is 9.40. The summed E-state index contributed by atoms with van der Waals surface area (Å²) in [5.41, 5.74) is 0.605. The van der Waals surface area contributed by atoms with Gasteiger partial charge in [-0.25, -0.2) is 4.98 Å². The molecule has 0 aliphatic heterocycles. The van der Waals surface area contributed by atoms with E-state index in [1.54, 1.807) is 6.07 Å². The zero-order valence-electron chi connectivity index (χ0n) is 18.4. The van der Waals surface area contributed by atoms with Gasteiger partial charge in [0.2, 0.25) is 5.88 Å². The van der Waals surface area contributed by atoms with Crippen molar-refractivity contribution >= 4 is 19.7 Å². The second-order valence-corrected chi connectivity index (χ2v) is 16.3. The first-order chi connectivity index (χ1) is 12.9. The van der Waals surface area contributed by atoms with E-state index in [4.69, 9.17) is 9.16 Å². The molecule has 0 aromatic carbocycles. The number of halogens is 3. The molecule has 10 heteroatoms. The second kappa shape index (κ2) is 9.55. The van der Waals surface area contributed by atoms with E-state index in [-0.39, 0.29) is 17.5 Å². The second-order valence-electron chi connectivity index (χ2n) is 9.45. The maximum atomic E-state index is 12.7. The molecule has 0 spiro atoms. The summed E-state index contributed by atoms with van der Waals surface area (Å²) in [6, 6.07) is 2.60. The molecule has 1 unspecified atom stereocenters. The van der Waals surface area contributed by atoms with E-state index >= 15 is 0 Å². The molecule has 1 heterocycles. The molecule has 0 saturated heterocycles. The van der Waals surface area contributed by atoms with Gasteiger partial charge >= 0.3 is 6.18 Å². The van der Waals surface area contributed by atoms with Crippen molar-refractivity contribution in [3.8, 4) is 5.88 Å². The van der Waals surface area contributed by atoms with Crippen LogP contribution in [0.1, 0.15) is 53.1 Å². The Hall–Kier alpha value is -0.813. The third kappa shape index (κ3) is 8.83. The smallest absolute Gasteiger partial charge is 0.422 e. The molecule has 1 N–H and O–H groups in total. The summed E-state index contributed by atoms with van der Waals surface area (Å²) >= 11 is -1.40. The van der Waals surface area contributed by atoms with Gasteiger partial charge in [0.1, 0.15) is 4.75 Å². The summed E-state index contributed by atoms with van der Waals surface area (Å²) in [6.07, 6.45) is -3.07. The van der Waals surface area contributed by atoms with E-state index < -0.39 is 43.3 Å². The fraction of sp³-hybridized carbons (Fsp3) is 0.737. The van der Waals surface area contributed by atoms with Gasteiger partial charge in [0.05, 0.1) is 12.6 Å². The van der Waals surface area contributed by atoms with Crippen molar-refractivity contribution in [1.29, 1.82) is 0 Å². The monoisotopic (exact) mass is 454 g/mol. The van der Waals surface area contributed by atoms with Gasteiger partial charge in [-0.15, -0.1) is 4.72 Å². The van der Waals surface area contributed by atoms with Crippen LogP contribution in [0.4, 0.5) is 13.2 Å². The Kier molecular flexibility index (Phi) is 8.63. The Balaban J connectivity index is 3.07. The summed E-state index contributed by atoms with van der Waals surface area (Å²) in [5.74, 6) is -0.138. The van der Waals surface area contributed by atoms with Crippen molar-refractivity contribution < 1.29 is 26.9 Å². The van der Waals surface area contributed by atoms with Gasteiger partial charge in [-0.1, -0.05) is 20.8 Å². The van der Waals surface area contributed by atoms with Crippen LogP contribution in [0.3, 0.4) is 0 Å². The molecule has 0 bridgehead atoms. The number of nitrogens with zero attached hydrogens (tertiary/aromatic N) is 1. The van der Waals surface area contributed by atoms with Crippen LogP contribution in [-0.2, 0) is 15.8 Å². The molecule has 1 aromatic heterocycles. The lowest BCUT2D eigenvalue weighted by Crippen LogP contribution is -2.46. The predicted octanol–water partition coefficient (Wildman–Crippen LogP) is 5.14. The van der Waals surface area contributed by atoms with Crippen molar-refractivity contribution in [2.75, 3.05) is 13.2 Å². The van der Waals surface area contributed by atoms with Crippen molar-refractivity contribution in [3.05, 3.63) is 23.9 Å². The molecule has 0 aliphatic rings. The van der Waals surface area contributed by atoms with Crippen LogP contribution in [0.2, 0.25) is 18.1 Å². The van der Waals surface area contributed by atoms with Gasteiger partial charge < -0.3 is 13.7 Å². The van der Waals surface area contributed by atoms with E-state index in [0.29, 0.717) is 5.56 Å². The molecule has 0 saturated carbocycles. The number of hydrogen-bond donors (Lipinski definition) is 1. The molecule has 0 amide bonds. The first kappa shape index (κ1) is 26.2. The molecule has 1 rings (SSSR count). The summed E-state index contributed by atoms with van der Waals surface area (Å²) in [4.78, 5) is 3.84. The highest BCUT2D eigenvalue weighted by molar-refractivity contribution is 7.90. The zero-order valence-corrected chi connectivity index (χ0v) is 20.3. The highest BCUT2D eigenvalue weighted by Gasteiger charge is 2.39. The Morgan fingerprint density at radius 1 is 1.17 bits per heavy atom. The summed E-state index contributed by atoms with van der Waals surface area (Å²) in [6.45, 7) is 14.9. The minimum absolute atomic E-state index is 0.0139. The van der Waals surface area contributed by atoms with Crippen LogP contribution in [0.15, 0.2) is 18.3 Å². The molecule has 168 valence electrons. The van der Waals surface area contributed by atoms with Gasteiger partial charge in [0.25, 0.3) is 0 Å². The van der Waals surface area contributed by atoms with Crippen molar-refractivity contribution in [3.63, 3.8) is 0 Å². The number of ether oxygens (including phenoxy) is 1. The molecule has 0 aliphatic carbocycles. The van der Waals surface area contributed by atoms with Gasteiger partial charge in [-0.3, -0.25) is 0 Å². The van der Waals surface area contributed by atoms with Crippen LogP contribution in [0, 0.1) is 0 Å². The largest absolute Gasteiger partial charge is 0.598 e. The maximum Gasteiger partial charge on any atom is 0.422 e. The minimum atomic E-state index is -4.45. The lowest BCUT2D eigenvalue weighted by atomic mass is 10.1. The van der Waals surface area contributed by atoms with E-state index in [2.05, 4.69) is 43.6 Å². The summed E-state index contributed by atoms with van der Waals surface area (Å²) < 4.78 is 63.6. The van der Waals surface area contributed by atoms with Crippen LogP contribution in [0.25, 0.3) is 0 Å². The number of alkyl halides is 3. The average Bonchev–Trinajstić information content (AvgIpc) is 2.54. The van der Waals surface area contributed by atoms with Gasteiger partial charge in [0, 0.05) is 23.6 Å². The molecular weight excluding hydrogens is 421 g/mol. The zero-order chi connectivity index (χ0) is 22.7. The number of hydrogen-bond acceptors (Lipinski definition) is 5. The first-order valence-corrected chi connectivity index (χ1v) is 13.5. The van der Waals surface area contributed by atoms with E-state index in [1.165, 1.54) is 12.3 Å². The van der Waals surface area contributed by atoms with E-state index in [1.807, 2.05) is 20.8 Å². The Labute approximate surface area is 176 Å². The maximum absolute atomic E-state index is 12.7. The molecule has 0 fully saturated rings. The average molecular weight is 455 g/mol. The molecule has 5 nitrogen and oxygen atoms in total. The Morgan fingerprint density at radius 2 is 1.76 bits per heavy atom. The summed E-state index contributed by atoms with van der Waals surface area (Å²) in [5, 5.41) is -0.0139. The SMILES string of the molecule is CC(C)(C)[S+]([O-])N[C@@H](CO[Si](C)(C)C(C)(C)C)c1ccnc(OCC(F)(F)F)c1. The Bertz CT molecular complexity index is 661. The number of aromatic nitrogens is 1. The fourth-order valence-electron chi connectivity index (χ4n) is 1.89. The lowest BCUT2D eigenvalue weighted by Gasteiger charge is -2.37. The molecule has 0 radical (unpaired) electrons. The quantitative estimate of drug-likeness (QED) is 0.435. The van der Waals surface area contributed by atoms with Crippen molar-refractivity contribution in [2.24, 2.45) is 0 Å². The molecule has 1 aromatic rings. The van der Waals surface area contributed by atoms with E-state index in [0.717, 1.165) is 0 Å². The van der Waals surface area contributed by atoms with Crippen molar-refractivity contribution in [2.45, 2.75) is 76.6 Å². The predicted molar refractivity (Wildman–Crippen MR) is 113 cm³/mol. The van der Waals surface area contributed by atoms with Crippen LogP contribution in [-0.4, -0.2) is 42.0 Å². The lowest BCUT2D eigenvalue weighted by molar-refractivity contribution is -0.154. The number of pyridine rings is 1. The highest BCUT2D eigenvalue weighted by atomic mass is 32.2. The number of rotatable bonds is 8. The third-order valence-corrected chi connectivity index (χ3v) is 10.9. The topological polar surface area (TPSA) is 66.4 Å². The normalized spacial score (nSPS) is 15.9. The minimum Gasteiger partial charge on any atom is -0.598 e. The van der Waals surface area contributed by atoms with Crippen LogP contribution in [0.5, 0.6) is 5.88 Å². The number of nitrogens with one attached hydrogen (secondary N) is 1. The Morgan fingerprint density at radius 3 is 2.24 bits per heavy atom. The highest BCUT2D eigenvalue weighted by Crippen LogP contribution is 2.37. The van der Waals surface area contributed by atoms with Crippen molar-refractivity contribution in [1.82, 2.24) is 9.71 Å². The summed E-state index contributed by atoms with van der Waals surface area (Å²) in [7, 11) is -2.09. The molecule has 2 atom stereocenters.